The highest BCUT2D eigenvalue weighted by Gasteiger charge is 2.15. The highest BCUT2D eigenvalue weighted by Crippen LogP contribution is 2.32. The molecule has 0 aliphatic carbocycles. The maximum Gasteiger partial charge on any atom is 0.231 e. The van der Waals surface area contributed by atoms with Crippen LogP contribution >= 0.6 is 0 Å². The number of benzene rings is 1. The van der Waals surface area contributed by atoms with E-state index in [0.717, 1.165) is 31.0 Å². The largest absolute Gasteiger partial charge is 0.454 e. The molecular formula is C13H20N2O2. The summed E-state index contributed by atoms with van der Waals surface area (Å²) >= 11 is 0. The Kier molecular flexibility index (Phi) is 3.86. The summed E-state index contributed by atoms with van der Waals surface area (Å²) in [5.41, 5.74) is 6.81. The molecule has 1 aliphatic heterocycles. The second-order valence-corrected chi connectivity index (χ2v) is 4.53. The first-order chi connectivity index (χ1) is 8.20. The zero-order chi connectivity index (χ0) is 12.3. The highest BCUT2D eigenvalue weighted by atomic mass is 16.7. The first-order valence-corrected chi connectivity index (χ1v) is 5.99. The summed E-state index contributed by atoms with van der Waals surface area (Å²) < 4.78 is 10.7. The smallest absolute Gasteiger partial charge is 0.231 e. The van der Waals surface area contributed by atoms with Crippen molar-refractivity contribution >= 4 is 0 Å². The van der Waals surface area contributed by atoms with E-state index >= 15 is 0 Å². The summed E-state index contributed by atoms with van der Waals surface area (Å²) in [5, 5.41) is 0. The Morgan fingerprint density at radius 1 is 1.35 bits per heavy atom. The summed E-state index contributed by atoms with van der Waals surface area (Å²) in [5.74, 6) is 1.69. The number of hydrogen-bond donors (Lipinski definition) is 1. The van der Waals surface area contributed by atoms with E-state index in [1.807, 2.05) is 12.1 Å². The highest BCUT2D eigenvalue weighted by molar-refractivity contribution is 5.44. The second kappa shape index (κ2) is 5.38. The Morgan fingerprint density at radius 2 is 2.12 bits per heavy atom. The van der Waals surface area contributed by atoms with Gasteiger partial charge >= 0.3 is 0 Å². The third kappa shape index (κ3) is 2.90. The molecule has 1 aliphatic rings. The maximum atomic E-state index is 5.57. The molecule has 1 heterocycles. The molecule has 0 aromatic heterocycles. The average Bonchev–Trinajstić information content (AvgIpc) is 2.76. The van der Waals surface area contributed by atoms with Crippen LogP contribution < -0.4 is 15.2 Å². The first-order valence-electron chi connectivity index (χ1n) is 5.99. The van der Waals surface area contributed by atoms with Crippen molar-refractivity contribution in [2.75, 3.05) is 20.4 Å². The molecule has 4 nitrogen and oxygen atoms in total. The minimum atomic E-state index is 0.332. The molecule has 2 N–H and O–H groups in total. The van der Waals surface area contributed by atoms with E-state index < -0.39 is 0 Å². The Bertz CT molecular complexity index is 382. The third-order valence-corrected chi connectivity index (χ3v) is 3.21. The lowest BCUT2D eigenvalue weighted by Gasteiger charge is -2.24. The van der Waals surface area contributed by atoms with Gasteiger partial charge < -0.3 is 15.2 Å². The van der Waals surface area contributed by atoms with E-state index in [1.54, 1.807) is 0 Å². The summed E-state index contributed by atoms with van der Waals surface area (Å²) in [6.45, 7) is 4.16. The molecular weight excluding hydrogens is 216 g/mol. The molecule has 0 spiro atoms. The Morgan fingerprint density at radius 3 is 2.88 bits per heavy atom. The number of nitrogens with zero attached hydrogens (tertiary/aromatic N) is 1. The van der Waals surface area contributed by atoms with Crippen LogP contribution in [0.1, 0.15) is 18.9 Å². The van der Waals surface area contributed by atoms with Gasteiger partial charge in [-0.25, -0.2) is 0 Å². The Labute approximate surface area is 102 Å². The number of hydrogen-bond acceptors (Lipinski definition) is 4. The minimum absolute atomic E-state index is 0.332. The molecule has 2 rings (SSSR count). The predicted molar refractivity (Wildman–Crippen MR) is 67.2 cm³/mol. The minimum Gasteiger partial charge on any atom is -0.454 e. The van der Waals surface area contributed by atoms with Gasteiger partial charge in [0.15, 0.2) is 11.5 Å². The van der Waals surface area contributed by atoms with Crippen LogP contribution in [-0.4, -0.2) is 31.3 Å². The number of nitrogens with two attached hydrogens (primary N) is 1. The molecule has 94 valence electrons. The van der Waals surface area contributed by atoms with Crippen molar-refractivity contribution in [2.45, 2.75) is 25.9 Å². The van der Waals surface area contributed by atoms with E-state index in [0.29, 0.717) is 12.8 Å². The third-order valence-electron chi connectivity index (χ3n) is 3.21. The molecule has 17 heavy (non-hydrogen) atoms. The van der Waals surface area contributed by atoms with Gasteiger partial charge in [0.2, 0.25) is 6.79 Å². The molecule has 0 amide bonds. The van der Waals surface area contributed by atoms with Crippen molar-refractivity contribution in [1.82, 2.24) is 4.90 Å². The summed E-state index contributed by atoms with van der Waals surface area (Å²) in [6.07, 6.45) is 1.01. The van der Waals surface area contributed by atoms with E-state index in [2.05, 4.69) is 24.9 Å². The monoisotopic (exact) mass is 236 g/mol. The van der Waals surface area contributed by atoms with Crippen molar-refractivity contribution < 1.29 is 9.47 Å². The van der Waals surface area contributed by atoms with Crippen LogP contribution in [-0.2, 0) is 6.54 Å². The van der Waals surface area contributed by atoms with Gasteiger partial charge in [0.1, 0.15) is 0 Å². The van der Waals surface area contributed by atoms with Crippen molar-refractivity contribution in [3.8, 4) is 11.5 Å². The van der Waals surface area contributed by atoms with Crippen LogP contribution in [0.5, 0.6) is 11.5 Å². The van der Waals surface area contributed by atoms with E-state index in [1.165, 1.54) is 5.56 Å². The predicted octanol–water partition coefficient (Wildman–Crippen LogP) is 1.58. The molecule has 4 heteroatoms. The van der Waals surface area contributed by atoms with Crippen LogP contribution in [0.2, 0.25) is 0 Å². The molecule has 0 radical (unpaired) electrons. The first kappa shape index (κ1) is 12.2. The number of ether oxygens (including phenoxy) is 2. The molecule has 0 saturated heterocycles. The topological polar surface area (TPSA) is 47.7 Å². The van der Waals surface area contributed by atoms with E-state index in [9.17, 15) is 0 Å². The fourth-order valence-electron chi connectivity index (χ4n) is 1.94. The Balaban J connectivity index is 1.99. The van der Waals surface area contributed by atoms with E-state index in [-0.39, 0.29) is 0 Å². The maximum absolute atomic E-state index is 5.57. The second-order valence-electron chi connectivity index (χ2n) is 4.53. The zero-order valence-corrected chi connectivity index (χ0v) is 10.5. The lowest BCUT2D eigenvalue weighted by Crippen LogP contribution is -2.30. The standard InChI is InChI=1S/C13H20N2O2/c1-10(5-6-14)15(2)8-11-3-4-12-13(7-11)17-9-16-12/h3-4,7,10H,5-6,8-9,14H2,1-2H3. The lowest BCUT2D eigenvalue weighted by molar-refractivity contribution is 0.174. The van der Waals surface area contributed by atoms with Crippen LogP contribution in [0.3, 0.4) is 0 Å². The summed E-state index contributed by atoms with van der Waals surface area (Å²) in [6, 6.07) is 6.59. The fraction of sp³-hybridized carbons (Fsp3) is 0.538. The van der Waals surface area contributed by atoms with E-state index in [4.69, 9.17) is 15.2 Å². The van der Waals surface area contributed by atoms with Crippen molar-refractivity contribution in [3.63, 3.8) is 0 Å². The van der Waals surface area contributed by atoms with Crippen LogP contribution in [0.4, 0.5) is 0 Å². The lowest BCUT2D eigenvalue weighted by atomic mass is 10.1. The van der Waals surface area contributed by atoms with Crippen LogP contribution in [0.25, 0.3) is 0 Å². The van der Waals surface area contributed by atoms with Gasteiger partial charge in [0, 0.05) is 12.6 Å². The molecule has 1 unspecified atom stereocenters. The van der Waals surface area contributed by atoms with Gasteiger partial charge in [-0.3, -0.25) is 4.90 Å². The average molecular weight is 236 g/mol. The molecule has 1 atom stereocenters. The molecule has 0 saturated carbocycles. The molecule has 0 bridgehead atoms. The summed E-state index contributed by atoms with van der Waals surface area (Å²) in [4.78, 5) is 2.30. The Hall–Kier alpha value is -1.26. The van der Waals surface area contributed by atoms with Gasteiger partial charge in [-0.05, 0) is 44.6 Å². The molecule has 1 aromatic rings. The quantitative estimate of drug-likeness (QED) is 0.843. The van der Waals surface area contributed by atoms with Crippen molar-refractivity contribution in [2.24, 2.45) is 5.73 Å². The van der Waals surface area contributed by atoms with Gasteiger partial charge in [-0.15, -0.1) is 0 Å². The molecule has 0 fully saturated rings. The molecule has 1 aromatic carbocycles. The summed E-state index contributed by atoms with van der Waals surface area (Å²) in [7, 11) is 2.12. The van der Waals surface area contributed by atoms with Crippen molar-refractivity contribution in [3.05, 3.63) is 23.8 Å². The van der Waals surface area contributed by atoms with Crippen molar-refractivity contribution in [1.29, 1.82) is 0 Å². The zero-order valence-electron chi connectivity index (χ0n) is 10.5. The van der Waals surface area contributed by atoms with Crippen LogP contribution in [0.15, 0.2) is 18.2 Å². The number of rotatable bonds is 5. The normalized spacial score (nSPS) is 15.3. The number of fused-ring (bicyclic) bond motifs is 1. The SMILES string of the molecule is CC(CCN)N(C)Cc1ccc2c(c1)OCO2. The fourth-order valence-corrected chi connectivity index (χ4v) is 1.94. The van der Waals surface area contributed by atoms with Crippen LogP contribution in [0, 0.1) is 0 Å². The van der Waals surface area contributed by atoms with Gasteiger partial charge in [-0.1, -0.05) is 6.07 Å². The van der Waals surface area contributed by atoms with Gasteiger partial charge in [-0.2, -0.15) is 0 Å². The van der Waals surface area contributed by atoms with Gasteiger partial charge in [0.05, 0.1) is 0 Å². The van der Waals surface area contributed by atoms with Gasteiger partial charge in [0.25, 0.3) is 0 Å².